The van der Waals surface area contributed by atoms with Gasteiger partial charge in [0, 0.05) is 26.2 Å². The molecule has 2 aliphatic rings. The highest BCUT2D eigenvalue weighted by molar-refractivity contribution is 4.76. The molecule has 13 heavy (non-hydrogen) atoms. The van der Waals surface area contributed by atoms with Crippen LogP contribution in [0.3, 0.4) is 0 Å². The minimum atomic E-state index is -0.0792. The van der Waals surface area contributed by atoms with Gasteiger partial charge in [-0.15, -0.1) is 0 Å². The van der Waals surface area contributed by atoms with E-state index >= 15 is 0 Å². The molecule has 2 unspecified atom stereocenters. The van der Waals surface area contributed by atoms with Gasteiger partial charge in [0.1, 0.15) is 0 Å². The van der Waals surface area contributed by atoms with Crippen molar-refractivity contribution in [2.45, 2.75) is 37.9 Å². The Balaban J connectivity index is 1.62. The summed E-state index contributed by atoms with van der Waals surface area (Å²) in [7, 11) is 0. The lowest BCUT2D eigenvalue weighted by atomic mass is 10.2. The maximum Gasteiger partial charge on any atom is 0.0679 e. The van der Waals surface area contributed by atoms with Crippen molar-refractivity contribution in [1.29, 1.82) is 0 Å². The van der Waals surface area contributed by atoms with Crippen molar-refractivity contribution in [2.75, 3.05) is 26.2 Å². The number of rotatable bonds is 3. The lowest BCUT2D eigenvalue weighted by Gasteiger charge is -2.17. The summed E-state index contributed by atoms with van der Waals surface area (Å²) in [5.74, 6) is 0. The highest BCUT2D eigenvalue weighted by Crippen LogP contribution is 2.17. The van der Waals surface area contributed by atoms with Crippen molar-refractivity contribution in [2.24, 2.45) is 0 Å². The average Bonchev–Trinajstić information content (AvgIpc) is 2.71. The first-order chi connectivity index (χ1) is 6.34. The Morgan fingerprint density at radius 1 is 1.38 bits per heavy atom. The zero-order chi connectivity index (χ0) is 9.10. The molecule has 0 bridgehead atoms. The van der Waals surface area contributed by atoms with E-state index in [9.17, 15) is 5.11 Å². The summed E-state index contributed by atoms with van der Waals surface area (Å²) in [6.45, 7) is 3.98. The molecule has 1 N–H and O–H groups in total. The molecule has 0 aromatic carbocycles. The number of hydrogen-bond acceptors (Lipinski definition) is 3. The molecule has 2 aliphatic heterocycles. The maximum absolute atomic E-state index is 9.32. The Labute approximate surface area is 79.7 Å². The summed E-state index contributed by atoms with van der Waals surface area (Å²) in [5.41, 5.74) is 0. The highest BCUT2D eigenvalue weighted by atomic mass is 16.5. The minimum absolute atomic E-state index is 0.0792. The van der Waals surface area contributed by atoms with E-state index in [1.54, 1.807) is 0 Å². The van der Waals surface area contributed by atoms with Crippen molar-refractivity contribution >= 4 is 0 Å². The fraction of sp³-hybridized carbons (Fsp3) is 1.00. The zero-order valence-corrected chi connectivity index (χ0v) is 8.11. The molecule has 0 amide bonds. The van der Waals surface area contributed by atoms with Crippen molar-refractivity contribution in [1.82, 2.24) is 4.90 Å². The molecule has 0 aliphatic carbocycles. The third-order valence-corrected chi connectivity index (χ3v) is 3.04. The molecule has 2 heterocycles. The standard InChI is InChI=1S/C10H19NO2/c12-9-3-5-11(8-9)6-4-10-2-1-7-13-10/h9-10,12H,1-8H2. The summed E-state index contributed by atoms with van der Waals surface area (Å²) in [6, 6.07) is 0. The molecule has 0 spiro atoms. The molecular weight excluding hydrogens is 166 g/mol. The number of likely N-dealkylation sites (tertiary alicyclic amines) is 1. The van der Waals surface area contributed by atoms with Gasteiger partial charge in [0.25, 0.3) is 0 Å². The van der Waals surface area contributed by atoms with E-state index in [-0.39, 0.29) is 6.10 Å². The Morgan fingerprint density at radius 3 is 2.92 bits per heavy atom. The quantitative estimate of drug-likeness (QED) is 0.699. The number of β-amino-alcohol motifs (C(OH)–C–C–N with tert-alkyl or cyclic N) is 1. The smallest absolute Gasteiger partial charge is 0.0679 e. The predicted molar refractivity (Wildman–Crippen MR) is 50.7 cm³/mol. The fourth-order valence-corrected chi connectivity index (χ4v) is 2.21. The average molecular weight is 185 g/mol. The van der Waals surface area contributed by atoms with Gasteiger partial charge in [0.15, 0.2) is 0 Å². The van der Waals surface area contributed by atoms with Crippen LogP contribution in [0.5, 0.6) is 0 Å². The monoisotopic (exact) mass is 185 g/mol. The Hall–Kier alpha value is -0.120. The van der Waals surface area contributed by atoms with Crippen LogP contribution in [-0.2, 0) is 4.74 Å². The summed E-state index contributed by atoms with van der Waals surface area (Å²) in [5, 5.41) is 9.32. The van der Waals surface area contributed by atoms with Gasteiger partial charge in [0.05, 0.1) is 12.2 Å². The van der Waals surface area contributed by atoms with Crippen molar-refractivity contribution in [3.63, 3.8) is 0 Å². The third kappa shape index (κ3) is 2.66. The lowest BCUT2D eigenvalue weighted by molar-refractivity contribution is 0.0924. The van der Waals surface area contributed by atoms with E-state index in [2.05, 4.69) is 4.90 Å². The molecular formula is C10H19NO2. The van der Waals surface area contributed by atoms with Gasteiger partial charge in [-0.25, -0.2) is 0 Å². The van der Waals surface area contributed by atoms with Crippen LogP contribution in [0.25, 0.3) is 0 Å². The fourth-order valence-electron chi connectivity index (χ4n) is 2.21. The van der Waals surface area contributed by atoms with E-state index in [1.807, 2.05) is 0 Å². The molecule has 0 aromatic rings. The lowest BCUT2D eigenvalue weighted by Crippen LogP contribution is -2.26. The Morgan fingerprint density at radius 2 is 2.31 bits per heavy atom. The van der Waals surface area contributed by atoms with Crippen LogP contribution in [0.2, 0.25) is 0 Å². The van der Waals surface area contributed by atoms with Crippen LogP contribution in [0, 0.1) is 0 Å². The predicted octanol–water partition coefficient (Wildman–Crippen LogP) is 0.622. The van der Waals surface area contributed by atoms with E-state index < -0.39 is 0 Å². The first kappa shape index (κ1) is 9.44. The van der Waals surface area contributed by atoms with Gasteiger partial charge < -0.3 is 14.7 Å². The molecule has 3 nitrogen and oxygen atoms in total. The molecule has 2 saturated heterocycles. The van der Waals surface area contributed by atoms with Crippen molar-refractivity contribution in [3.05, 3.63) is 0 Å². The van der Waals surface area contributed by atoms with Crippen LogP contribution in [-0.4, -0.2) is 48.5 Å². The summed E-state index contributed by atoms with van der Waals surface area (Å²) < 4.78 is 5.55. The number of aliphatic hydroxyl groups is 1. The number of aliphatic hydroxyl groups excluding tert-OH is 1. The topological polar surface area (TPSA) is 32.7 Å². The van der Waals surface area contributed by atoms with Gasteiger partial charge in [-0.3, -0.25) is 0 Å². The maximum atomic E-state index is 9.32. The number of nitrogens with zero attached hydrogens (tertiary/aromatic N) is 1. The number of ether oxygens (including phenoxy) is 1. The first-order valence-electron chi connectivity index (χ1n) is 5.36. The second-order valence-corrected chi connectivity index (χ2v) is 4.17. The van der Waals surface area contributed by atoms with E-state index in [0.29, 0.717) is 6.10 Å². The summed E-state index contributed by atoms with van der Waals surface area (Å²) in [6.07, 6.45) is 4.98. The molecule has 76 valence electrons. The molecule has 2 atom stereocenters. The molecule has 2 rings (SSSR count). The number of hydrogen-bond donors (Lipinski definition) is 1. The normalized spacial score (nSPS) is 35.8. The molecule has 0 radical (unpaired) electrons. The van der Waals surface area contributed by atoms with Crippen LogP contribution >= 0.6 is 0 Å². The molecule has 0 aromatic heterocycles. The zero-order valence-electron chi connectivity index (χ0n) is 8.11. The second kappa shape index (κ2) is 4.40. The van der Waals surface area contributed by atoms with Crippen LogP contribution < -0.4 is 0 Å². The van der Waals surface area contributed by atoms with Crippen molar-refractivity contribution < 1.29 is 9.84 Å². The molecule has 2 fully saturated rings. The van der Waals surface area contributed by atoms with Crippen LogP contribution in [0.1, 0.15) is 25.7 Å². The Bertz CT molecular complexity index is 157. The first-order valence-corrected chi connectivity index (χ1v) is 5.36. The van der Waals surface area contributed by atoms with Gasteiger partial charge in [-0.2, -0.15) is 0 Å². The summed E-state index contributed by atoms with van der Waals surface area (Å²) >= 11 is 0. The highest BCUT2D eigenvalue weighted by Gasteiger charge is 2.22. The minimum Gasteiger partial charge on any atom is -0.392 e. The van der Waals surface area contributed by atoms with E-state index in [4.69, 9.17) is 4.74 Å². The Kier molecular flexibility index (Phi) is 3.19. The van der Waals surface area contributed by atoms with Gasteiger partial charge >= 0.3 is 0 Å². The van der Waals surface area contributed by atoms with Gasteiger partial charge in [-0.1, -0.05) is 0 Å². The summed E-state index contributed by atoms with van der Waals surface area (Å²) in [4.78, 5) is 2.34. The molecule has 0 saturated carbocycles. The second-order valence-electron chi connectivity index (χ2n) is 4.17. The largest absolute Gasteiger partial charge is 0.392 e. The van der Waals surface area contributed by atoms with E-state index in [0.717, 1.165) is 39.1 Å². The van der Waals surface area contributed by atoms with E-state index in [1.165, 1.54) is 12.8 Å². The van der Waals surface area contributed by atoms with Crippen LogP contribution in [0.4, 0.5) is 0 Å². The van der Waals surface area contributed by atoms with Crippen LogP contribution in [0.15, 0.2) is 0 Å². The van der Waals surface area contributed by atoms with Gasteiger partial charge in [0.2, 0.25) is 0 Å². The third-order valence-electron chi connectivity index (χ3n) is 3.04. The molecule has 3 heteroatoms. The van der Waals surface area contributed by atoms with Gasteiger partial charge in [-0.05, 0) is 25.7 Å². The SMILES string of the molecule is OC1CCN(CCC2CCCO2)C1. The van der Waals surface area contributed by atoms with Crippen molar-refractivity contribution in [3.8, 4) is 0 Å².